The molecule has 0 fully saturated rings. The van der Waals surface area contributed by atoms with Gasteiger partial charge >= 0.3 is 29.6 Å². The Morgan fingerprint density at radius 3 is 1.86 bits per heavy atom. The number of guanidine groups is 1. The third-order valence-corrected chi connectivity index (χ3v) is 0.305. The van der Waals surface area contributed by atoms with Gasteiger partial charge in [-0.15, -0.1) is 12.4 Å². The van der Waals surface area contributed by atoms with E-state index in [0.717, 1.165) is 0 Å². The number of nitrogens with two attached hydrogens (primary N) is 1. The van der Waals surface area contributed by atoms with Crippen LogP contribution in [0.25, 0.3) is 0 Å². The summed E-state index contributed by atoms with van der Waals surface area (Å²) in [7, 11) is 0. The van der Waals surface area contributed by atoms with Crippen molar-refractivity contribution in [3.63, 3.8) is 0 Å². The van der Waals surface area contributed by atoms with Crippen LogP contribution in [0.15, 0.2) is 0 Å². The number of nitrogens with one attached hydrogen (secondary N) is 2. The second kappa shape index (κ2) is 9.97. The molecule has 0 aromatic rings. The Bertz CT molecular complexity index is 48.2. The summed E-state index contributed by atoms with van der Waals surface area (Å²) in [6, 6.07) is 0. The summed E-state index contributed by atoms with van der Waals surface area (Å²) in [4.78, 5) is 1.86. The minimum atomic E-state index is -0.230. The molecule has 3 nitrogen and oxygen atoms in total. The molecule has 0 aliphatic heterocycles. The van der Waals surface area contributed by atoms with Crippen LogP contribution in [0.4, 0.5) is 0 Å². The van der Waals surface area contributed by atoms with Gasteiger partial charge in [-0.1, -0.05) is 0 Å². The van der Waals surface area contributed by atoms with Gasteiger partial charge in [0.05, 0.1) is 0 Å². The molecule has 6 heteroatoms. The molecule has 0 heterocycles. The van der Waals surface area contributed by atoms with Crippen molar-refractivity contribution in [1.82, 2.24) is 4.84 Å². The van der Waals surface area contributed by atoms with Gasteiger partial charge in [0.15, 0.2) is 0 Å². The van der Waals surface area contributed by atoms with Crippen LogP contribution in [-0.2, 0) is 0 Å². The Labute approximate surface area is 75.3 Å². The molecule has 0 aliphatic carbocycles. The monoisotopic (exact) mass is 153 g/mol. The van der Waals surface area contributed by atoms with Crippen molar-refractivity contribution in [1.29, 1.82) is 5.41 Å². The molecule has 0 saturated heterocycles. The second-order valence-corrected chi connectivity index (χ2v) is 0.697. The minimum absolute atomic E-state index is 0. The summed E-state index contributed by atoms with van der Waals surface area (Å²) in [6.45, 7) is 0. The fraction of sp³-hybridized carbons (Fsp3) is 0. The molecule has 0 saturated carbocycles. The summed E-state index contributed by atoms with van der Waals surface area (Å²) in [5.74, 6) is -0.230. The zero-order valence-electron chi connectivity index (χ0n) is 2.86. The normalized spacial score (nSPS) is 4.71. The fourth-order valence-corrected chi connectivity index (χ4v) is 0. The van der Waals surface area contributed by atoms with Gasteiger partial charge in [-0.3, -0.25) is 10.2 Å². The molecule has 40 valence electrons. The van der Waals surface area contributed by atoms with Gasteiger partial charge in [0.1, 0.15) is 0 Å². The van der Waals surface area contributed by atoms with E-state index in [9.17, 15) is 0 Å². The molecule has 0 atom stereocenters. The first kappa shape index (κ1) is 15.7. The zero-order valence-corrected chi connectivity index (χ0v) is 4.44. The SMILES string of the molecule is Cl.N=C(N)NCl.[NaH]. The Kier molecular flexibility index (Phi) is 22.3. The molecule has 0 spiro atoms. The summed E-state index contributed by atoms with van der Waals surface area (Å²) in [5, 5.41) is 6.28. The quantitative estimate of drug-likeness (QED) is 0.189. The third kappa shape index (κ3) is 19.8. The van der Waals surface area contributed by atoms with Crippen molar-refractivity contribution in [2.75, 3.05) is 0 Å². The van der Waals surface area contributed by atoms with Crippen LogP contribution in [0, 0.1) is 5.41 Å². The summed E-state index contributed by atoms with van der Waals surface area (Å²) in [6.07, 6.45) is 0. The summed E-state index contributed by atoms with van der Waals surface area (Å²) in [5.41, 5.74) is 4.63. The molecule has 0 rings (SSSR count). The van der Waals surface area contributed by atoms with Crippen molar-refractivity contribution >= 4 is 59.7 Å². The first-order valence-corrected chi connectivity index (χ1v) is 1.36. The average Bonchev–Trinajstić information content (AvgIpc) is 1.38. The molecular weight excluding hydrogens is 148 g/mol. The molecule has 0 unspecified atom stereocenters. The van der Waals surface area contributed by atoms with Gasteiger partial charge in [-0.2, -0.15) is 0 Å². The van der Waals surface area contributed by atoms with Gasteiger partial charge in [0.25, 0.3) is 0 Å². The molecule has 0 aromatic heterocycles. The molecular formula is CH6Cl2N3Na. The van der Waals surface area contributed by atoms with Crippen LogP contribution < -0.4 is 10.6 Å². The van der Waals surface area contributed by atoms with Crippen molar-refractivity contribution in [2.45, 2.75) is 0 Å². The van der Waals surface area contributed by atoms with Crippen molar-refractivity contribution < 1.29 is 0 Å². The molecule has 0 aromatic carbocycles. The van der Waals surface area contributed by atoms with Gasteiger partial charge in [-0.05, 0) is 0 Å². The predicted octanol–water partition coefficient (Wildman–Crippen LogP) is -0.603. The van der Waals surface area contributed by atoms with E-state index in [0.29, 0.717) is 0 Å². The standard InChI is InChI=1S/CH4ClN3.ClH.Na.H/c2-5-1(3)4;;;/h(H4,3,4,5);1H;;. The van der Waals surface area contributed by atoms with E-state index in [4.69, 9.17) is 17.2 Å². The molecule has 7 heavy (non-hydrogen) atoms. The maximum atomic E-state index is 6.28. The Balaban J connectivity index is -0.0000000800. The van der Waals surface area contributed by atoms with Crippen LogP contribution in [0.2, 0.25) is 0 Å². The van der Waals surface area contributed by atoms with Crippen LogP contribution in [0.5, 0.6) is 0 Å². The van der Waals surface area contributed by atoms with E-state index in [1.165, 1.54) is 0 Å². The molecule has 0 bridgehead atoms. The molecule has 4 N–H and O–H groups in total. The number of hydrogen-bond donors (Lipinski definition) is 3. The number of rotatable bonds is 0. The van der Waals surface area contributed by atoms with Crippen LogP contribution in [0.1, 0.15) is 0 Å². The maximum absolute atomic E-state index is 6.28. The Morgan fingerprint density at radius 1 is 1.71 bits per heavy atom. The van der Waals surface area contributed by atoms with Crippen LogP contribution >= 0.6 is 24.2 Å². The van der Waals surface area contributed by atoms with Crippen molar-refractivity contribution in [3.8, 4) is 0 Å². The Hall–Kier alpha value is 0.850. The van der Waals surface area contributed by atoms with Gasteiger partial charge in [0.2, 0.25) is 5.96 Å². The first-order valence-electron chi connectivity index (χ1n) is 0.978. The fourth-order valence-electron chi connectivity index (χ4n) is 0. The topological polar surface area (TPSA) is 61.9 Å². The average molecular weight is 154 g/mol. The van der Waals surface area contributed by atoms with Gasteiger partial charge in [-0.25, -0.2) is 0 Å². The van der Waals surface area contributed by atoms with Crippen LogP contribution in [0.3, 0.4) is 0 Å². The van der Waals surface area contributed by atoms with E-state index < -0.39 is 0 Å². The molecule has 0 amide bonds. The van der Waals surface area contributed by atoms with Gasteiger partial charge < -0.3 is 5.73 Å². The first-order chi connectivity index (χ1) is 2.27. The zero-order chi connectivity index (χ0) is 4.28. The van der Waals surface area contributed by atoms with Crippen molar-refractivity contribution in [3.05, 3.63) is 0 Å². The van der Waals surface area contributed by atoms with Crippen LogP contribution in [-0.4, -0.2) is 35.5 Å². The van der Waals surface area contributed by atoms with E-state index >= 15 is 0 Å². The van der Waals surface area contributed by atoms with E-state index in [1.54, 1.807) is 0 Å². The van der Waals surface area contributed by atoms with E-state index in [1.807, 2.05) is 4.84 Å². The van der Waals surface area contributed by atoms with Gasteiger partial charge in [0, 0.05) is 11.8 Å². The molecule has 0 aliphatic rings. The summed E-state index contributed by atoms with van der Waals surface area (Å²) >= 11 is 4.74. The van der Waals surface area contributed by atoms with E-state index in [-0.39, 0.29) is 47.9 Å². The van der Waals surface area contributed by atoms with E-state index in [2.05, 4.69) is 5.73 Å². The second-order valence-electron chi connectivity index (χ2n) is 0.508. The third-order valence-electron chi connectivity index (χ3n) is 0.102. The summed E-state index contributed by atoms with van der Waals surface area (Å²) < 4.78 is 0. The predicted molar refractivity (Wildman–Crippen MR) is 35.3 cm³/mol. The number of hydrogen-bond acceptors (Lipinski definition) is 1. The Morgan fingerprint density at radius 2 is 1.86 bits per heavy atom. The molecule has 0 radical (unpaired) electrons. The van der Waals surface area contributed by atoms with Crippen molar-refractivity contribution in [2.24, 2.45) is 5.73 Å². The number of halogens is 2.